The summed E-state index contributed by atoms with van der Waals surface area (Å²) in [5.41, 5.74) is 10.3. The predicted molar refractivity (Wildman–Crippen MR) is 87.5 cm³/mol. The maximum absolute atomic E-state index is 5.92. The number of benzene rings is 1. The van der Waals surface area contributed by atoms with Crippen molar-refractivity contribution in [3.63, 3.8) is 0 Å². The van der Waals surface area contributed by atoms with Crippen molar-refractivity contribution < 1.29 is 4.74 Å². The first-order valence-electron chi connectivity index (χ1n) is 7.52. The summed E-state index contributed by atoms with van der Waals surface area (Å²) in [6, 6.07) is 7.99. The van der Waals surface area contributed by atoms with Gasteiger partial charge in [0.1, 0.15) is 0 Å². The van der Waals surface area contributed by atoms with Crippen molar-refractivity contribution in [1.29, 1.82) is 0 Å². The third-order valence-electron chi connectivity index (χ3n) is 4.41. The van der Waals surface area contributed by atoms with E-state index < -0.39 is 0 Å². The fraction of sp³-hybridized carbons (Fsp3) is 0.471. The maximum atomic E-state index is 5.92. The lowest BCUT2D eigenvalue weighted by atomic mass is 10.0. The molecule has 2 aromatic rings. The molecule has 3 rings (SSSR count). The highest BCUT2D eigenvalue weighted by atomic mass is 16.5. The Balaban J connectivity index is 1.82. The molecule has 1 aliphatic rings. The number of methoxy groups -OCH3 is 1. The molecule has 1 aromatic heterocycles. The molecular weight excluding hydrogens is 262 g/mol. The number of anilines is 2. The number of nitrogens with zero attached hydrogens (tertiary/aromatic N) is 1. The molecule has 4 nitrogen and oxygen atoms in total. The van der Waals surface area contributed by atoms with Gasteiger partial charge in [0.2, 0.25) is 0 Å². The summed E-state index contributed by atoms with van der Waals surface area (Å²) in [5.74, 6) is 0. The molecule has 1 saturated carbocycles. The summed E-state index contributed by atoms with van der Waals surface area (Å²) in [4.78, 5) is 4.57. The van der Waals surface area contributed by atoms with Crippen LogP contribution >= 0.6 is 0 Å². The Morgan fingerprint density at radius 3 is 2.86 bits per heavy atom. The summed E-state index contributed by atoms with van der Waals surface area (Å²) in [7, 11) is 1.77. The fourth-order valence-electron chi connectivity index (χ4n) is 2.82. The van der Waals surface area contributed by atoms with Crippen molar-refractivity contribution in [3.05, 3.63) is 30.0 Å². The molecule has 1 fully saturated rings. The average Bonchev–Trinajstić information content (AvgIpc) is 3.24. The van der Waals surface area contributed by atoms with Gasteiger partial charge < -0.3 is 15.8 Å². The summed E-state index contributed by atoms with van der Waals surface area (Å²) in [5, 5.41) is 4.72. The number of hydrogen-bond acceptors (Lipinski definition) is 4. The van der Waals surface area contributed by atoms with Crippen molar-refractivity contribution >= 4 is 22.3 Å². The monoisotopic (exact) mass is 285 g/mol. The molecule has 3 N–H and O–H groups in total. The number of aromatic nitrogens is 1. The average molecular weight is 285 g/mol. The molecule has 0 atom stereocenters. The summed E-state index contributed by atoms with van der Waals surface area (Å²) < 4.78 is 5.22. The van der Waals surface area contributed by atoms with Crippen molar-refractivity contribution in [3.8, 4) is 0 Å². The molecule has 112 valence electrons. The first kappa shape index (κ1) is 14.1. The second kappa shape index (κ2) is 5.53. The molecule has 21 heavy (non-hydrogen) atoms. The topological polar surface area (TPSA) is 60.2 Å². The van der Waals surface area contributed by atoms with Crippen LogP contribution in [0.1, 0.15) is 25.0 Å². The van der Waals surface area contributed by atoms with Gasteiger partial charge in [-0.15, -0.1) is 0 Å². The number of aryl methyl sites for hydroxylation is 1. The summed E-state index contributed by atoms with van der Waals surface area (Å²) in [6.45, 7) is 3.85. The van der Waals surface area contributed by atoms with Crippen LogP contribution in [0, 0.1) is 12.3 Å². The predicted octanol–water partition coefficient (Wildman–Crippen LogP) is 3.35. The highest BCUT2D eigenvalue weighted by molar-refractivity contribution is 5.93. The SMILES string of the molecule is COCCC1(CNc2cc(C)nc3ccc(N)cc23)CC1. The van der Waals surface area contributed by atoms with Crippen LogP contribution in [0.4, 0.5) is 11.4 Å². The molecule has 0 saturated heterocycles. The lowest BCUT2D eigenvalue weighted by Crippen LogP contribution is -2.17. The standard InChI is InChI=1S/C17H23N3O/c1-12-9-16(14-10-13(18)3-4-15(14)20-12)19-11-17(5-6-17)7-8-21-2/h3-4,9-10H,5-8,11,18H2,1-2H3,(H,19,20). The summed E-state index contributed by atoms with van der Waals surface area (Å²) in [6.07, 6.45) is 3.70. The molecule has 1 heterocycles. The number of pyridine rings is 1. The van der Waals surface area contributed by atoms with Crippen molar-refractivity contribution in [2.75, 3.05) is 31.3 Å². The molecule has 0 radical (unpaired) electrons. The maximum Gasteiger partial charge on any atom is 0.0727 e. The van der Waals surface area contributed by atoms with Crippen molar-refractivity contribution in [2.45, 2.75) is 26.2 Å². The Hall–Kier alpha value is -1.81. The minimum Gasteiger partial charge on any atom is -0.399 e. The zero-order valence-corrected chi connectivity index (χ0v) is 12.8. The minimum atomic E-state index is 0.417. The van der Waals surface area contributed by atoms with Crippen LogP contribution < -0.4 is 11.1 Å². The third-order valence-corrected chi connectivity index (χ3v) is 4.41. The van der Waals surface area contributed by atoms with Gasteiger partial charge in [0.25, 0.3) is 0 Å². The quantitative estimate of drug-likeness (QED) is 0.799. The molecular formula is C17H23N3O. The van der Waals surface area contributed by atoms with Gasteiger partial charge in [-0.2, -0.15) is 0 Å². The van der Waals surface area contributed by atoms with Crippen LogP contribution in [0.5, 0.6) is 0 Å². The number of nitrogens with two attached hydrogens (primary N) is 1. The van der Waals surface area contributed by atoms with Crippen molar-refractivity contribution in [1.82, 2.24) is 4.98 Å². The van der Waals surface area contributed by atoms with E-state index in [1.165, 1.54) is 12.8 Å². The van der Waals surface area contributed by atoms with E-state index in [-0.39, 0.29) is 0 Å². The van der Waals surface area contributed by atoms with Crippen LogP contribution in [0.3, 0.4) is 0 Å². The Labute approximate surface area is 125 Å². The van der Waals surface area contributed by atoms with E-state index in [9.17, 15) is 0 Å². The van der Waals surface area contributed by atoms with E-state index in [1.807, 2.05) is 25.1 Å². The number of hydrogen-bond donors (Lipinski definition) is 2. The van der Waals surface area contributed by atoms with Crippen molar-refractivity contribution in [2.24, 2.45) is 5.41 Å². The van der Waals surface area contributed by atoms with Gasteiger partial charge in [-0.3, -0.25) is 4.98 Å². The molecule has 0 spiro atoms. The Bertz CT molecular complexity index is 650. The van der Waals surface area contributed by atoms with E-state index in [0.717, 1.165) is 47.5 Å². The van der Waals surface area contributed by atoms with E-state index >= 15 is 0 Å². The first-order valence-corrected chi connectivity index (χ1v) is 7.52. The van der Waals surface area contributed by atoms with Gasteiger partial charge >= 0.3 is 0 Å². The molecule has 0 aliphatic heterocycles. The zero-order chi connectivity index (χ0) is 14.9. The smallest absolute Gasteiger partial charge is 0.0727 e. The number of ether oxygens (including phenoxy) is 1. The second-order valence-corrected chi connectivity index (χ2v) is 6.18. The highest BCUT2D eigenvalue weighted by Crippen LogP contribution is 2.48. The minimum absolute atomic E-state index is 0.417. The second-order valence-electron chi connectivity index (χ2n) is 6.18. The molecule has 0 unspecified atom stereocenters. The number of nitrogens with one attached hydrogen (secondary N) is 1. The zero-order valence-electron chi connectivity index (χ0n) is 12.8. The van der Waals surface area contributed by atoms with Gasteiger partial charge in [0, 0.05) is 42.7 Å². The van der Waals surface area contributed by atoms with E-state index in [0.29, 0.717) is 5.41 Å². The van der Waals surface area contributed by atoms with E-state index in [4.69, 9.17) is 10.5 Å². The number of fused-ring (bicyclic) bond motifs is 1. The number of nitrogen functional groups attached to an aromatic ring is 1. The first-order chi connectivity index (χ1) is 10.1. The van der Waals surface area contributed by atoms with Crippen LogP contribution in [0.25, 0.3) is 10.9 Å². The molecule has 0 bridgehead atoms. The lowest BCUT2D eigenvalue weighted by molar-refractivity contribution is 0.175. The van der Waals surface area contributed by atoms with Gasteiger partial charge in [0.05, 0.1) is 5.52 Å². The largest absolute Gasteiger partial charge is 0.399 e. The van der Waals surface area contributed by atoms with Crippen LogP contribution in [0.15, 0.2) is 24.3 Å². The lowest BCUT2D eigenvalue weighted by Gasteiger charge is -2.18. The third kappa shape index (κ3) is 3.10. The van der Waals surface area contributed by atoms with Crippen LogP contribution in [-0.4, -0.2) is 25.2 Å². The summed E-state index contributed by atoms with van der Waals surface area (Å²) >= 11 is 0. The van der Waals surface area contributed by atoms with Crippen LogP contribution in [0.2, 0.25) is 0 Å². The molecule has 1 aliphatic carbocycles. The highest BCUT2D eigenvalue weighted by Gasteiger charge is 2.41. The fourth-order valence-corrected chi connectivity index (χ4v) is 2.82. The van der Waals surface area contributed by atoms with E-state index in [2.05, 4.69) is 16.4 Å². The Morgan fingerprint density at radius 1 is 1.33 bits per heavy atom. The number of rotatable bonds is 6. The van der Waals surface area contributed by atoms with Crippen LogP contribution in [-0.2, 0) is 4.74 Å². The van der Waals surface area contributed by atoms with Gasteiger partial charge in [-0.05, 0) is 55.9 Å². The molecule has 4 heteroatoms. The van der Waals surface area contributed by atoms with Gasteiger partial charge in [0.15, 0.2) is 0 Å². The molecule has 0 amide bonds. The Kier molecular flexibility index (Phi) is 3.72. The molecule has 1 aromatic carbocycles. The Morgan fingerprint density at radius 2 is 2.14 bits per heavy atom. The van der Waals surface area contributed by atoms with Gasteiger partial charge in [-0.1, -0.05) is 0 Å². The normalized spacial score (nSPS) is 16.1. The van der Waals surface area contributed by atoms with Gasteiger partial charge in [-0.25, -0.2) is 0 Å². The van der Waals surface area contributed by atoms with E-state index in [1.54, 1.807) is 7.11 Å².